The number of imide groups is 2. The molecule has 1 aliphatic rings. The van der Waals surface area contributed by atoms with Crippen LogP contribution in [0.4, 0.5) is 10.5 Å². The third-order valence-corrected chi connectivity index (χ3v) is 3.95. The van der Waals surface area contributed by atoms with E-state index in [4.69, 9.17) is 9.47 Å². The average Bonchev–Trinajstić information content (AvgIpc) is 2.65. The molecule has 0 bridgehead atoms. The van der Waals surface area contributed by atoms with Gasteiger partial charge in [0.25, 0.3) is 11.8 Å². The van der Waals surface area contributed by atoms with Gasteiger partial charge in [0.2, 0.25) is 0 Å². The van der Waals surface area contributed by atoms with Gasteiger partial charge in [-0.1, -0.05) is 6.07 Å². The summed E-state index contributed by atoms with van der Waals surface area (Å²) in [6, 6.07) is 9.82. The molecule has 2 aromatic carbocycles. The molecule has 2 aromatic rings. The van der Waals surface area contributed by atoms with Gasteiger partial charge < -0.3 is 14.6 Å². The lowest BCUT2D eigenvalue weighted by atomic mass is 10.1. The van der Waals surface area contributed by atoms with Crippen molar-refractivity contribution in [3.05, 3.63) is 53.6 Å². The second-order valence-electron chi connectivity index (χ2n) is 5.59. The van der Waals surface area contributed by atoms with E-state index in [2.05, 4.69) is 5.32 Å². The summed E-state index contributed by atoms with van der Waals surface area (Å²) in [5.74, 6) is -0.913. The molecule has 0 saturated carbocycles. The van der Waals surface area contributed by atoms with E-state index in [0.717, 1.165) is 4.90 Å². The van der Waals surface area contributed by atoms with Crippen molar-refractivity contribution in [2.24, 2.45) is 0 Å². The number of anilines is 1. The Labute approximate surface area is 154 Å². The largest absolute Gasteiger partial charge is 0.504 e. The summed E-state index contributed by atoms with van der Waals surface area (Å²) >= 11 is 0. The first kappa shape index (κ1) is 18.0. The monoisotopic (exact) mass is 368 g/mol. The lowest BCUT2D eigenvalue weighted by Gasteiger charge is -2.26. The number of methoxy groups -OCH3 is 2. The van der Waals surface area contributed by atoms with Gasteiger partial charge in [0.15, 0.2) is 11.5 Å². The van der Waals surface area contributed by atoms with Crippen molar-refractivity contribution in [3.8, 4) is 17.2 Å². The molecule has 27 heavy (non-hydrogen) atoms. The van der Waals surface area contributed by atoms with E-state index in [9.17, 15) is 19.5 Å². The maximum atomic E-state index is 12.8. The van der Waals surface area contributed by atoms with Gasteiger partial charge in [-0.05, 0) is 48.0 Å². The van der Waals surface area contributed by atoms with Gasteiger partial charge in [-0.25, -0.2) is 9.69 Å². The topological polar surface area (TPSA) is 105 Å². The lowest BCUT2D eigenvalue weighted by molar-refractivity contribution is -0.122. The second kappa shape index (κ2) is 7.20. The van der Waals surface area contributed by atoms with Crippen molar-refractivity contribution in [3.63, 3.8) is 0 Å². The Hall–Kier alpha value is -3.81. The highest BCUT2D eigenvalue weighted by molar-refractivity contribution is 6.39. The van der Waals surface area contributed by atoms with Crippen molar-refractivity contribution in [1.29, 1.82) is 0 Å². The van der Waals surface area contributed by atoms with E-state index < -0.39 is 17.8 Å². The van der Waals surface area contributed by atoms with Crippen LogP contribution in [0.25, 0.3) is 6.08 Å². The highest BCUT2D eigenvalue weighted by Crippen LogP contribution is 2.28. The van der Waals surface area contributed by atoms with Gasteiger partial charge in [-0.2, -0.15) is 0 Å². The van der Waals surface area contributed by atoms with Gasteiger partial charge in [-0.3, -0.25) is 14.9 Å². The Kier molecular flexibility index (Phi) is 4.80. The molecule has 2 N–H and O–H groups in total. The molecular weight excluding hydrogens is 352 g/mol. The standard InChI is InChI=1S/C19H16N2O6/c1-26-13-6-4-12(5-7-13)21-18(24)14(17(23)20-19(21)25)9-11-3-8-16(27-2)15(22)10-11/h3-10,22H,1-2H3,(H,20,23,25)/b14-9-. The van der Waals surface area contributed by atoms with Crippen LogP contribution in [-0.4, -0.2) is 37.2 Å². The molecule has 0 aliphatic carbocycles. The Morgan fingerprint density at radius 3 is 2.30 bits per heavy atom. The quantitative estimate of drug-likeness (QED) is 0.632. The minimum atomic E-state index is -0.843. The zero-order valence-electron chi connectivity index (χ0n) is 14.6. The molecule has 138 valence electrons. The van der Waals surface area contributed by atoms with Crippen molar-refractivity contribution >= 4 is 29.6 Å². The molecule has 8 heteroatoms. The van der Waals surface area contributed by atoms with Crippen LogP contribution in [0, 0.1) is 0 Å². The number of phenols is 1. The number of urea groups is 1. The molecule has 1 saturated heterocycles. The smallest absolute Gasteiger partial charge is 0.335 e. The van der Waals surface area contributed by atoms with Crippen molar-refractivity contribution < 1.29 is 29.0 Å². The summed E-state index contributed by atoms with van der Waals surface area (Å²) < 4.78 is 10.0. The first-order valence-corrected chi connectivity index (χ1v) is 7.87. The van der Waals surface area contributed by atoms with E-state index >= 15 is 0 Å². The molecule has 0 aromatic heterocycles. The minimum absolute atomic E-state index is 0.140. The van der Waals surface area contributed by atoms with Crippen molar-refractivity contribution in [1.82, 2.24) is 5.32 Å². The predicted molar refractivity (Wildman–Crippen MR) is 96.7 cm³/mol. The number of rotatable bonds is 4. The Bertz CT molecular complexity index is 949. The van der Waals surface area contributed by atoms with Gasteiger partial charge in [0, 0.05) is 0 Å². The van der Waals surface area contributed by atoms with Gasteiger partial charge >= 0.3 is 6.03 Å². The van der Waals surface area contributed by atoms with Crippen molar-refractivity contribution in [2.45, 2.75) is 0 Å². The van der Waals surface area contributed by atoms with Crippen LogP contribution >= 0.6 is 0 Å². The lowest BCUT2D eigenvalue weighted by Crippen LogP contribution is -2.54. The molecular formula is C19H16N2O6. The predicted octanol–water partition coefficient (Wildman–Crippen LogP) is 2.08. The number of amides is 4. The molecule has 0 atom stereocenters. The SMILES string of the molecule is COc1ccc(N2C(=O)NC(=O)/C(=C/c3ccc(OC)c(O)c3)C2=O)cc1. The summed E-state index contributed by atoms with van der Waals surface area (Å²) in [6.45, 7) is 0. The van der Waals surface area contributed by atoms with Gasteiger partial charge in [0.1, 0.15) is 11.3 Å². The summed E-state index contributed by atoms with van der Waals surface area (Å²) in [6.07, 6.45) is 1.29. The maximum Gasteiger partial charge on any atom is 0.335 e. The number of ether oxygens (including phenoxy) is 2. The normalized spacial score (nSPS) is 15.7. The summed E-state index contributed by atoms with van der Waals surface area (Å²) in [4.78, 5) is 37.9. The Morgan fingerprint density at radius 2 is 1.70 bits per heavy atom. The number of hydrogen-bond donors (Lipinski definition) is 2. The number of aromatic hydroxyl groups is 1. The number of hydrogen-bond acceptors (Lipinski definition) is 6. The summed E-state index contributed by atoms with van der Waals surface area (Å²) in [5, 5.41) is 12.0. The average molecular weight is 368 g/mol. The molecule has 0 radical (unpaired) electrons. The highest BCUT2D eigenvalue weighted by atomic mass is 16.5. The molecule has 1 aliphatic heterocycles. The molecule has 0 unspecified atom stereocenters. The molecule has 8 nitrogen and oxygen atoms in total. The number of nitrogens with zero attached hydrogens (tertiary/aromatic N) is 1. The number of carbonyl (C=O) groups excluding carboxylic acids is 3. The maximum absolute atomic E-state index is 12.8. The third kappa shape index (κ3) is 3.45. The van der Waals surface area contributed by atoms with Gasteiger partial charge in [0.05, 0.1) is 19.9 Å². The van der Waals surface area contributed by atoms with E-state index in [0.29, 0.717) is 11.3 Å². The molecule has 4 amide bonds. The van der Waals surface area contributed by atoms with Crippen LogP contribution in [0.15, 0.2) is 48.0 Å². The van der Waals surface area contributed by atoms with Crippen LogP contribution in [0.5, 0.6) is 17.2 Å². The van der Waals surface area contributed by atoms with Crippen LogP contribution < -0.4 is 19.7 Å². The fourth-order valence-corrected chi connectivity index (χ4v) is 2.59. The van der Waals surface area contributed by atoms with Crippen LogP contribution in [-0.2, 0) is 9.59 Å². The van der Waals surface area contributed by atoms with E-state index in [-0.39, 0.29) is 22.8 Å². The zero-order valence-corrected chi connectivity index (χ0v) is 14.6. The first-order chi connectivity index (χ1) is 12.9. The van der Waals surface area contributed by atoms with Crippen LogP contribution in [0.3, 0.4) is 0 Å². The van der Waals surface area contributed by atoms with E-state index in [1.54, 1.807) is 18.2 Å². The summed E-state index contributed by atoms with van der Waals surface area (Å²) in [7, 11) is 2.90. The van der Waals surface area contributed by atoms with Crippen LogP contribution in [0.2, 0.25) is 0 Å². The molecule has 1 fully saturated rings. The number of carbonyl (C=O) groups is 3. The van der Waals surface area contributed by atoms with Gasteiger partial charge in [-0.15, -0.1) is 0 Å². The number of barbiturate groups is 1. The highest BCUT2D eigenvalue weighted by Gasteiger charge is 2.36. The zero-order chi connectivity index (χ0) is 19.6. The Balaban J connectivity index is 1.97. The molecule has 3 rings (SSSR count). The third-order valence-electron chi connectivity index (χ3n) is 3.95. The fraction of sp³-hybridized carbons (Fsp3) is 0.105. The molecule has 0 spiro atoms. The molecule has 1 heterocycles. The number of nitrogens with one attached hydrogen (secondary N) is 1. The number of benzene rings is 2. The number of phenolic OH excluding ortho intramolecular Hbond substituents is 1. The first-order valence-electron chi connectivity index (χ1n) is 7.87. The van der Waals surface area contributed by atoms with Crippen molar-refractivity contribution in [2.75, 3.05) is 19.1 Å². The van der Waals surface area contributed by atoms with E-state index in [1.165, 1.54) is 44.6 Å². The van der Waals surface area contributed by atoms with Crippen LogP contribution in [0.1, 0.15) is 5.56 Å². The summed E-state index contributed by atoms with van der Waals surface area (Å²) in [5.41, 5.74) is 0.445. The van der Waals surface area contributed by atoms with E-state index in [1.807, 2.05) is 0 Å². The Morgan fingerprint density at radius 1 is 1.00 bits per heavy atom. The minimum Gasteiger partial charge on any atom is -0.504 e. The second-order valence-corrected chi connectivity index (χ2v) is 5.59. The fourth-order valence-electron chi connectivity index (χ4n) is 2.59.